The lowest BCUT2D eigenvalue weighted by Crippen LogP contribution is -2.44. The summed E-state index contributed by atoms with van der Waals surface area (Å²) < 4.78 is 0. The monoisotopic (exact) mass is 225 g/mol. The molecule has 0 aromatic rings. The zero-order valence-electron chi connectivity index (χ0n) is 11.7. The van der Waals surface area contributed by atoms with Gasteiger partial charge in [0.25, 0.3) is 0 Å². The molecule has 94 valence electrons. The molecule has 1 aliphatic rings. The average molecular weight is 225 g/mol. The van der Waals surface area contributed by atoms with Crippen LogP contribution < -0.4 is 0 Å². The smallest absolute Gasteiger partial charge is 0.225 e. The molecule has 0 aromatic carbocycles. The van der Waals surface area contributed by atoms with E-state index in [0.717, 1.165) is 6.54 Å². The van der Waals surface area contributed by atoms with Crippen LogP contribution in [-0.2, 0) is 4.79 Å². The molecular weight excluding hydrogens is 198 g/mol. The first-order chi connectivity index (χ1) is 7.36. The van der Waals surface area contributed by atoms with Crippen molar-refractivity contribution in [1.29, 1.82) is 0 Å². The van der Waals surface area contributed by atoms with Gasteiger partial charge in [0.05, 0.1) is 0 Å². The molecule has 1 aliphatic heterocycles. The Hall–Kier alpha value is -0.530. The molecule has 2 nitrogen and oxygen atoms in total. The SMILES string of the molecule is CC(C)C(=O)N1CC[C@@H](C(C)C)[C@H]1C(C)C. The zero-order valence-corrected chi connectivity index (χ0v) is 11.7. The van der Waals surface area contributed by atoms with Crippen LogP contribution in [0.4, 0.5) is 0 Å². The summed E-state index contributed by atoms with van der Waals surface area (Å²) in [6.45, 7) is 14.0. The van der Waals surface area contributed by atoms with Gasteiger partial charge in [-0.25, -0.2) is 0 Å². The van der Waals surface area contributed by atoms with Crippen LogP contribution in [0, 0.1) is 23.7 Å². The van der Waals surface area contributed by atoms with Gasteiger partial charge >= 0.3 is 0 Å². The number of carbonyl (C=O) groups excluding carboxylic acids is 1. The molecular formula is C14H27NO. The predicted octanol–water partition coefficient (Wildman–Crippen LogP) is 3.17. The summed E-state index contributed by atoms with van der Waals surface area (Å²) in [6.07, 6.45) is 1.18. The van der Waals surface area contributed by atoms with E-state index in [9.17, 15) is 4.79 Å². The van der Waals surface area contributed by atoms with Gasteiger partial charge in [-0.15, -0.1) is 0 Å². The van der Waals surface area contributed by atoms with Gasteiger partial charge in [-0.2, -0.15) is 0 Å². The van der Waals surface area contributed by atoms with Crippen LogP contribution in [0.3, 0.4) is 0 Å². The minimum absolute atomic E-state index is 0.132. The summed E-state index contributed by atoms with van der Waals surface area (Å²) in [6, 6.07) is 0.454. The lowest BCUT2D eigenvalue weighted by Gasteiger charge is -2.34. The Morgan fingerprint density at radius 1 is 1.06 bits per heavy atom. The molecule has 1 rings (SSSR count). The third-order valence-electron chi connectivity index (χ3n) is 3.82. The standard InChI is InChI=1S/C14H27NO/c1-9(2)12-7-8-15(13(12)10(3)4)14(16)11(5)6/h9-13H,7-8H2,1-6H3/t12-,13+/m0/s1. The van der Waals surface area contributed by atoms with Crippen molar-refractivity contribution < 1.29 is 4.79 Å². The van der Waals surface area contributed by atoms with Gasteiger partial charge in [0.15, 0.2) is 0 Å². The lowest BCUT2D eigenvalue weighted by molar-refractivity contribution is -0.136. The van der Waals surface area contributed by atoms with Crippen LogP contribution in [0.5, 0.6) is 0 Å². The van der Waals surface area contributed by atoms with Gasteiger partial charge in [-0.1, -0.05) is 41.5 Å². The molecule has 0 N–H and O–H groups in total. The second-order valence-corrected chi connectivity index (χ2v) is 6.12. The van der Waals surface area contributed by atoms with Gasteiger partial charge in [0, 0.05) is 18.5 Å². The molecule has 0 aromatic heterocycles. The van der Waals surface area contributed by atoms with E-state index in [1.807, 2.05) is 13.8 Å². The molecule has 2 heteroatoms. The minimum atomic E-state index is 0.132. The number of hydrogen-bond donors (Lipinski definition) is 0. The van der Waals surface area contributed by atoms with E-state index in [4.69, 9.17) is 0 Å². The fraction of sp³-hybridized carbons (Fsp3) is 0.929. The minimum Gasteiger partial charge on any atom is -0.339 e. The van der Waals surface area contributed by atoms with Gasteiger partial charge in [0.1, 0.15) is 0 Å². The highest BCUT2D eigenvalue weighted by Gasteiger charge is 2.40. The van der Waals surface area contributed by atoms with Crippen LogP contribution in [0.25, 0.3) is 0 Å². The molecule has 1 heterocycles. The van der Waals surface area contributed by atoms with Crippen LogP contribution in [0.2, 0.25) is 0 Å². The molecule has 0 bridgehead atoms. The number of carbonyl (C=O) groups is 1. The summed E-state index contributed by atoms with van der Waals surface area (Å²) >= 11 is 0. The highest BCUT2D eigenvalue weighted by molar-refractivity contribution is 5.78. The number of hydrogen-bond acceptors (Lipinski definition) is 1. The summed E-state index contributed by atoms with van der Waals surface area (Å²) in [7, 11) is 0. The van der Waals surface area contributed by atoms with E-state index in [1.54, 1.807) is 0 Å². The molecule has 0 spiro atoms. The lowest BCUT2D eigenvalue weighted by atomic mass is 9.83. The molecule has 1 fully saturated rings. The number of rotatable bonds is 3. The highest BCUT2D eigenvalue weighted by atomic mass is 16.2. The maximum Gasteiger partial charge on any atom is 0.225 e. The first-order valence-corrected chi connectivity index (χ1v) is 6.66. The van der Waals surface area contributed by atoms with Crippen LogP contribution in [0.1, 0.15) is 48.0 Å². The van der Waals surface area contributed by atoms with Crippen molar-refractivity contribution in [3.63, 3.8) is 0 Å². The summed E-state index contributed by atoms with van der Waals surface area (Å²) in [4.78, 5) is 14.3. The first kappa shape index (κ1) is 13.5. The fourth-order valence-corrected chi connectivity index (χ4v) is 3.01. The second-order valence-electron chi connectivity index (χ2n) is 6.12. The molecule has 16 heavy (non-hydrogen) atoms. The van der Waals surface area contributed by atoms with Crippen molar-refractivity contribution in [2.24, 2.45) is 23.7 Å². The van der Waals surface area contributed by atoms with Crippen LogP contribution in [0.15, 0.2) is 0 Å². The first-order valence-electron chi connectivity index (χ1n) is 6.66. The topological polar surface area (TPSA) is 20.3 Å². The van der Waals surface area contributed by atoms with Crippen molar-refractivity contribution in [1.82, 2.24) is 4.90 Å². The van der Waals surface area contributed by atoms with Gasteiger partial charge in [-0.3, -0.25) is 4.79 Å². The third-order valence-corrected chi connectivity index (χ3v) is 3.82. The number of likely N-dealkylation sites (tertiary alicyclic amines) is 1. The maximum atomic E-state index is 12.2. The van der Waals surface area contributed by atoms with Crippen molar-refractivity contribution in [3.05, 3.63) is 0 Å². The van der Waals surface area contributed by atoms with E-state index in [1.165, 1.54) is 6.42 Å². The van der Waals surface area contributed by atoms with E-state index >= 15 is 0 Å². The Morgan fingerprint density at radius 3 is 2.00 bits per heavy atom. The molecule has 0 radical (unpaired) electrons. The second kappa shape index (κ2) is 5.20. The highest BCUT2D eigenvalue weighted by Crippen LogP contribution is 2.35. The van der Waals surface area contributed by atoms with Gasteiger partial charge < -0.3 is 4.90 Å². The van der Waals surface area contributed by atoms with Crippen LogP contribution in [-0.4, -0.2) is 23.4 Å². The Kier molecular flexibility index (Phi) is 4.40. The third kappa shape index (κ3) is 2.58. The number of amides is 1. The summed E-state index contributed by atoms with van der Waals surface area (Å²) in [5.74, 6) is 2.40. The summed E-state index contributed by atoms with van der Waals surface area (Å²) in [5.41, 5.74) is 0. The van der Waals surface area contributed by atoms with E-state index < -0.39 is 0 Å². The van der Waals surface area contributed by atoms with Gasteiger partial charge in [-0.05, 0) is 24.2 Å². The Bertz CT molecular complexity index is 245. The van der Waals surface area contributed by atoms with Gasteiger partial charge in [0.2, 0.25) is 5.91 Å². The number of nitrogens with zero attached hydrogens (tertiary/aromatic N) is 1. The fourth-order valence-electron chi connectivity index (χ4n) is 3.01. The molecule has 1 amide bonds. The Balaban J connectivity index is 2.84. The van der Waals surface area contributed by atoms with Crippen molar-refractivity contribution in [2.75, 3.05) is 6.54 Å². The van der Waals surface area contributed by atoms with Crippen molar-refractivity contribution in [2.45, 2.75) is 54.0 Å². The van der Waals surface area contributed by atoms with Crippen molar-refractivity contribution >= 4 is 5.91 Å². The maximum absolute atomic E-state index is 12.2. The Labute approximate surface area is 100 Å². The summed E-state index contributed by atoms with van der Waals surface area (Å²) in [5, 5.41) is 0. The van der Waals surface area contributed by atoms with Crippen molar-refractivity contribution in [3.8, 4) is 0 Å². The molecule has 0 saturated carbocycles. The predicted molar refractivity (Wildman–Crippen MR) is 68.1 cm³/mol. The molecule has 2 atom stereocenters. The zero-order chi connectivity index (χ0) is 12.5. The molecule has 0 aliphatic carbocycles. The van der Waals surface area contributed by atoms with Crippen LogP contribution >= 0.6 is 0 Å². The van der Waals surface area contributed by atoms with E-state index in [0.29, 0.717) is 29.7 Å². The Morgan fingerprint density at radius 2 is 1.62 bits per heavy atom. The molecule has 0 unspecified atom stereocenters. The van der Waals surface area contributed by atoms with E-state index in [-0.39, 0.29) is 5.92 Å². The molecule has 1 saturated heterocycles. The largest absolute Gasteiger partial charge is 0.339 e. The quantitative estimate of drug-likeness (QED) is 0.722. The van der Waals surface area contributed by atoms with E-state index in [2.05, 4.69) is 32.6 Å². The average Bonchev–Trinajstić information content (AvgIpc) is 2.60. The normalized spacial score (nSPS) is 26.2.